The van der Waals surface area contributed by atoms with Crippen molar-refractivity contribution in [2.45, 2.75) is 46.6 Å². The van der Waals surface area contributed by atoms with Crippen molar-refractivity contribution in [3.63, 3.8) is 0 Å². The van der Waals surface area contributed by atoms with E-state index in [0.717, 1.165) is 23.4 Å². The molecule has 0 aliphatic carbocycles. The highest BCUT2D eigenvalue weighted by Gasteiger charge is 2.26. The van der Waals surface area contributed by atoms with Crippen LogP contribution >= 0.6 is 0 Å². The summed E-state index contributed by atoms with van der Waals surface area (Å²) in [5.74, 6) is -0.734. The number of carbonyl (C=O) groups excluding carboxylic acids is 2. The van der Waals surface area contributed by atoms with E-state index in [0.29, 0.717) is 18.6 Å². The molecule has 1 N–H and O–H groups in total. The number of nitrogens with zero attached hydrogens (tertiary/aromatic N) is 1. The Morgan fingerprint density at radius 2 is 1.78 bits per heavy atom. The summed E-state index contributed by atoms with van der Waals surface area (Å²) in [5.41, 5.74) is 3.57. The van der Waals surface area contributed by atoms with Gasteiger partial charge in [-0.05, 0) is 56.9 Å². The Morgan fingerprint density at radius 3 is 2.41 bits per heavy atom. The summed E-state index contributed by atoms with van der Waals surface area (Å²) in [6.45, 7) is 7.99. The van der Waals surface area contributed by atoms with Gasteiger partial charge in [0.15, 0.2) is 0 Å². The molecule has 2 rings (SSSR count). The van der Waals surface area contributed by atoms with Crippen LogP contribution in [0, 0.1) is 19.8 Å². The lowest BCUT2D eigenvalue weighted by Crippen LogP contribution is -2.45. The molecule has 2 aromatic rings. The Balaban J connectivity index is 1.85. The summed E-state index contributed by atoms with van der Waals surface area (Å²) >= 11 is 0. The number of hydrogen-bond donors (Lipinski definition) is 1. The predicted molar refractivity (Wildman–Crippen MR) is 106 cm³/mol. The standard InChI is InChI=1S/C22H28N2O3/c1-15(2)20(24-21(25)18-12-10-16(3)11-13-18)22(26)27-14-6-9-19-8-5-7-17(4)23-19/h5,7-8,10-13,15,20H,6,9,14H2,1-4H3,(H,24,25). The molecule has 0 saturated heterocycles. The third kappa shape index (κ3) is 6.51. The number of nitrogens with one attached hydrogen (secondary N) is 1. The van der Waals surface area contributed by atoms with Crippen LogP contribution in [0.1, 0.15) is 47.6 Å². The minimum absolute atomic E-state index is 0.0645. The minimum atomic E-state index is -0.670. The van der Waals surface area contributed by atoms with E-state index in [-0.39, 0.29) is 11.8 Å². The van der Waals surface area contributed by atoms with E-state index in [2.05, 4.69) is 10.3 Å². The lowest BCUT2D eigenvalue weighted by atomic mass is 10.0. The van der Waals surface area contributed by atoms with Gasteiger partial charge in [0, 0.05) is 17.0 Å². The fraction of sp³-hybridized carbons (Fsp3) is 0.409. The van der Waals surface area contributed by atoms with Crippen molar-refractivity contribution in [1.29, 1.82) is 0 Å². The summed E-state index contributed by atoms with van der Waals surface area (Å²) in [6, 6.07) is 12.5. The molecule has 5 nitrogen and oxygen atoms in total. The lowest BCUT2D eigenvalue weighted by molar-refractivity contribution is -0.147. The minimum Gasteiger partial charge on any atom is -0.464 e. The first kappa shape index (κ1) is 20.6. The lowest BCUT2D eigenvalue weighted by Gasteiger charge is -2.21. The van der Waals surface area contributed by atoms with Crippen molar-refractivity contribution in [1.82, 2.24) is 10.3 Å². The molecule has 1 aromatic heterocycles. The molecule has 1 atom stereocenters. The van der Waals surface area contributed by atoms with Gasteiger partial charge in [-0.3, -0.25) is 9.78 Å². The first-order valence-corrected chi connectivity index (χ1v) is 9.33. The van der Waals surface area contributed by atoms with Gasteiger partial charge in [0.05, 0.1) is 6.61 Å². The van der Waals surface area contributed by atoms with Gasteiger partial charge in [0.1, 0.15) is 6.04 Å². The smallest absolute Gasteiger partial charge is 0.328 e. The Kier molecular flexibility index (Phi) is 7.53. The number of amides is 1. The monoisotopic (exact) mass is 368 g/mol. The molecule has 0 aliphatic rings. The van der Waals surface area contributed by atoms with Gasteiger partial charge < -0.3 is 10.1 Å². The molecule has 0 spiro atoms. The highest BCUT2D eigenvalue weighted by Crippen LogP contribution is 2.09. The topological polar surface area (TPSA) is 68.3 Å². The normalized spacial score (nSPS) is 11.9. The number of pyridine rings is 1. The molecule has 144 valence electrons. The summed E-state index contributed by atoms with van der Waals surface area (Å²) in [7, 11) is 0. The van der Waals surface area contributed by atoms with Crippen molar-refractivity contribution in [2.75, 3.05) is 6.61 Å². The molecule has 0 saturated carbocycles. The summed E-state index contributed by atoms with van der Waals surface area (Å²) in [4.78, 5) is 29.2. The number of aryl methyl sites for hydroxylation is 3. The van der Waals surface area contributed by atoms with Gasteiger partial charge >= 0.3 is 5.97 Å². The Bertz CT molecular complexity index is 769. The van der Waals surface area contributed by atoms with E-state index in [1.54, 1.807) is 12.1 Å². The molecular formula is C22H28N2O3. The van der Waals surface area contributed by atoms with Crippen LogP contribution in [0.15, 0.2) is 42.5 Å². The second-order valence-corrected chi connectivity index (χ2v) is 7.10. The number of rotatable bonds is 8. The largest absolute Gasteiger partial charge is 0.464 e. The summed E-state index contributed by atoms with van der Waals surface area (Å²) in [5, 5.41) is 2.79. The molecule has 1 unspecified atom stereocenters. The maximum Gasteiger partial charge on any atom is 0.328 e. The van der Waals surface area contributed by atoms with E-state index < -0.39 is 12.0 Å². The van der Waals surface area contributed by atoms with Crippen LogP contribution in [0.5, 0.6) is 0 Å². The molecule has 0 bridgehead atoms. The zero-order valence-electron chi connectivity index (χ0n) is 16.5. The second-order valence-electron chi connectivity index (χ2n) is 7.10. The molecule has 1 heterocycles. The Labute approximate surface area is 161 Å². The number of ether oxygens (including phenoxy) is 1. The van der Waals surface area contributed by atoms with Crippen molar-refractivity contribution in [3.05, 3.63) is 65.0 Å². The molecule has 1 aromatic carbocycles. The molecule has 27 heavy (non-hydrogen) atoms. The van der Waals surface area contributed by atoms with E-state index in [9.17, 15) is 9.59 Å². The third-order valence-electron chi connectivity index (χ3n) is 4.29. The van der Waals surface area contributed by atoms with Crippen molar-refractivity contribution in [2.24, 2.45) is 5.92 Å². The van der Waals surface area contributed by atoms with Crippen LogP contribution in [0.2, 0.25) is 0 Å². The molecule has 1 amide bonds. The van der Waals surface area contributed by atoms with Crippen molar-refractivity contribution >= 4 is 11.9 Å². The average Bonchev–Trinajstić information content (AvgIpc) is 2.63. The molecule has 0 radical (unpaired) electrons. The van der Waals surface area contributed by atoms with E-state index in [1.165, 1.54) is 0 Å². The third-order valence-corrected chi connectivity index (χ3v) is 4.29. The van der Waals surface area contributed by atoms with Crippen LogP contribution in [0.4, 0.5) is 0 Å². The van der Waals surface area contributed by atoms with Gasteiger partial charge in [-0.15, -0.1) is 0 Å². The van der Waals surface area contributed by atoms with E-state index >= 15 is 0 Å². The number of aromatic nitrogens is 1. The first-order valence-electron chi connectivity index (χ1n) is 9.33. The zero-order valence-corrected chi connectivity index (χ0v) is 16.5. The Hall–Kier alpha value is -2.69. The van der Waals surface area contributed by atoms with Crippen LogP contribution in [-0.4, -0.2) is 29.5 Å². The molecule has 0 fully saturated rings. The van der Waals surface area contributed by atoms with Gasteiger partial charge in [0.2, 0.25) is 0 Å². The maximum atomic E-state index is 12.4. The summed E-state index contributed by atoms with van der Waals surface area (Å²) < 4.78 is 5.39. The SMILES string of the molecule is Cc1ccc(C(=O)NC(C(=O)OCCCc2cccc(C)n2)C(C)C)cc1. The van der Waals surface area contributed by atoms with Gasteiger partial charge in [-0.1, -0.05) is 37.6 Å². The number of esters is 1. The molecular weight excluding hydrogens is 340 g/mol. The average molecular weight is 368 g/mol. The van der Waals surface area contributed by atoms with Gasteiger partial charge in [0.25, 0.3) is 5.91 Å². The highest BCUT2D eigenvalue weighted by molar-refractivity contribution is 5.96. The Morgan fingerprint density at radius 1 is 1.07 bits per heavy atom. The van der Waals surface area contributed by atoms with Gasteiger partial charge in [-0.2, -0.15) is 0 Å². The van der Waals surface area contributed by atoms with Crippen LogP contribution in [-0.2, 0) is 16.0 Å². The predicted octanol–water partition coefficient (Wildman–Crippen LogP) is 3.63. The maximum absolute atomic E-state index is 12.4. The highest BCUT2D eigenvalue weighted by atomic mass is 16.5. The van der Waals surface area contributed by atoms with Gasteiger partial charge in [-0.25, -0.2) is 4.79 Å². The van der Waals surface area contributed by atoms with Crippen molar-refractivity contribution < 1.29 is 14.3 Å². The number of hydrogen-bond acceptors (Lipinski definition) is 4. The second kappa shape index (κ2) is 9.86. The number of benzene rings is 1. The quantitative estimate of drug-likeness (QED) is 0.571. The fourth-order valence-electron chi connectivity index (χ4n) is 2.68. The van der Waals surface area contributed by atoms with Crippen LogP contribution in [0.3, 0.4) is 0 Å². The van der Waals surface area contributed by atoms with Crippen LogP contribution in [0.25, 0.3) is 0 Å². The summed E-state index contributed by atoms with van der Waals surface area (Å²) in [6.07, 6.45) is 1.44. The molecule has 5 heteroatoms. The fourth-order valence-corrected chi connectivity index (χ4v) is 2.68. The van der Waals surface area contributed by atoms with Crippen LogP contribution < -0.4 is 5.32 Å². The van der Waals surface area contributed by atoms with E-state index in [4.69, 9.17) is 4.74 Å². The number of carbonyl (C=O) groups is 2. The van der Waals surface area contributed by atoms with Crippen molar-refractivity contribution in [3.8, 4) is 0 Å². The molecule has 0 aliphatic heterocycles. The zero-order chi connectivity index (χ0) is 19.8. The first-order chi connectivity index (χ1) is 12.9. The van der Waals surface area contributed by atoms with E-state index in [1.807, 2.05) is 58.0 Å².